The van der Waals surface area contributed by atoms with Crippen LogP contribution in [0.2, 0.25) is 0 Å². The summed E-state index contributed by atoms with van der Waals surface area (Å²) in [6.07, 6.45) is 0. The van der Waals surface area contributed by atoms with Gasteiger partial charge < -0.3 is 9.80 Å². The second-order valence-electron chi connectivity index (χ2n) is 29.1. The molecule has 0 radical (unpaired) electrons. The Hall–Kier alpha value is -10.5. The number of benzene rings is 13. The van der Waals surface area contributed by atoms with Crippen LogP contribution in [-0.4, -0.2) is 0 Å². The van der Waals surface area contributed by atoms with Crippen LogP contribution in [0.3, 0.4) is 0 Å². The van der Waals surface area contributed by atoms with Crippen LogP contribution < -0.4 is 9.80 Å². The van der Waals surface area contributed by atoms with Crippen molar-refractivity contribution in [3.8, 4) is 77.9 Å². The van der Waals surface area contributed by atoms with Crippen molar-refractivity contribution in [2.75, 3.05) is 9.80 Å². The minimum absolute atomic E-state index is 0.233. The number of nitrogens with zero attached hydrogens (tertiary/aromatic N) is 2. The summed E-state index contributed by atoms with van der Waals surface area (Å²) in [4.78, 5) is 5.20. The highest BCUT2D eigenvalue weighted by Gasteiger charge is 2.53. The Bertz CT molecular complexity index is 4920. The summed E-state index contributed by atoms with van der Waals surface area (Å²) in [5.41, 5.74) is 39.2. The molecule has 0 N–H and O–H groups in total. The van der Waals surface area contributed by atoms with Crippen LogP contribution in [0.25, 0.3) is 77.9 Å². The third-order valence-electron chi connectivity index (χ3n) is 23.0. The number of anilines is 6. The molecule has 0 unspecified atom stereocenters. The fourth-order valence-electron chi connectivity index (χ4n) is 18.6. The molecule has 6 aliphatic carbocycles. The van der Waals surface area contributed by atoms with Gasteiger partial charge >= 0.3 is 0 Å². The van der Waals surface area contributed by atoms with E-state index in [0.29, 0.717) is 0 Å². The van der Waals surface area contributed by atoms with E-state index in [-0.39, 0.29) is 21.7 Å². The van der Waals surface area contributed by atoms with E-state index >= 15 is 0 Å². The zero-order valence-corrected chi connectivity index (χ0v) is 54.0. The molecule has 19 rings (SSSR count). The molecule has 13 aromatic rings. The van der Waals surface area contributed by atoms with E-state index in [1.807, 2.05) is 0 Å². The summed E-state index contributed by atoms with van der Waals surface area (Å²) in [6, 6.07) is 108. The average Bonchev–Trinajstić information content (AvgIpc) is 1.51. The van der Waals surface area contributed by atoms with Gasteiger partial charge in [-0.1, -0.05) is 268 Å². The first kappa shape index (κ1) is 54.2. The Kier molecular flexibility index (Phi) is 11.0. The lowest BCUT2D eigenvalue weighted by Gasteiger charge is -2.34. The van der Waals surface area contributed by atoms with E-state index in [1.165, 1.54) is 139 Å². The first-order valence-corrected chi connectivity index (χ1v) is 33.3. The van der Waals surface area contributed by atoms with Crippen molar-refractivity contribution in [3.05, 3.63) is 346 Å². The molecular formula is C91H70N2. The van der Waals surface area contributed by atoms with E-state index < -0.39 is 5.41 Å². The maximum atomic E-state index is 2.60. The van der Waals surface area contributed by atoms with Crippen molar-refractivity contribution in [2.45, 2.75) is 82.5 Å². The van der Waals surface area contributed by atoms with E-state index in [9.17, 15) is 0 Å². The largest absolute Gasteiger partial charge is 0.310 e. The van der Waals surface area contributed by atoms with Crippen molar-refractivity contribution >= 4 is 34.1 Å². The van der Waals surface area contributed by atoms with Crippen LogP contribution in [0.5, 0.6) is 0 Å². The highest BCUT2D eigenvalue weighted by atomic mass is 15.2. The molecule has 444 valence electrons. The Balaban J connectivity index is 0.926. The van der Waals surface area contributed by atoms with Gasteiger partial charge in [0.1, 0.15) is 0 Å². The monoisotopic (exact) mass is 1190 g/mol. The fourth-order valence-corrected chi connectivity index (χ4v) is 18.6. The van der Waals surface area contributed by atoms with Gasteiger partial charge in [0.2, 0.25) is 0 Å². The molecule has 0 saturated carbocycles. The Morgan fingerprint density at radius 1 is 0.183 bits per heavy atom. The molecule has 0 aromatic heterocycles. The van der Waals surface area contributed by atoms with Gasteiger partial charge in [-0.15, -0.1) is 0 Å². The number of hydrogen-bond donors (Lipinski definition) is 0. The van der Waals surface area contributed by atoms with Gasteiger partial charge in [0, 0.05) is 55.8 Å². The van der Waals surface area contributed by atoms with Gasteiger partial charge in [0.25, 0.3) is 0 Å². The van der Waals surface area contributed by atoms with Crippen molar-refractivity contribution in [1.82, 2.24) is 0 Å². The predicted octanol–water partition coefficient (Wildman–Crippen LogP) is 23.9. The topological polar surface area (TPSA) is 6.48 Å². The predicted molar refractivity (Wildman–Crippen MR) is 388 cm³/mol. The minimum Gasteiger partial charge on any atom is -0.310 e. The van der Waals surface area contributed by atoms with Gasteiger partial charge in [-0.2, -0.15) is 0 Å². The SMILES string of the molecule is CC1(C)c2ccccc2-c2ccc(N(c3cc(-c4cccc5c4C4(c6ccccc6-c6ccccc64)c4ccccc4-5)cc(N(c4ccc5c(c4)C(C)(C)c4ccccc4-5)c4ccc5c(c4)C(C)(C)c4ccccc4-5)c3)c3ccc4c(c3)C(C)(C)c3ccccc3-4)cc21. The molecule has 0 saturated heterocycles. The number of fused-ring (bicyclic) bond motifs is 22. The highest BCUT2D eigenvalue weighted by molar-refractivity contribution is 6.01. The highest BCUT2D eigenvalue weighted by Crippen LogP contribution is 2.66. The maximum absolute atomic E-state index is 2.60. The van der Waals surface area contributed by atoms with Crippen molar-refractivity contribution in [3.63, 3.8) is 0 Å². The normalized spacial score (nSPS) is 16.0. The number of hydrogen-bond acceptors (Lipinski definition) is 2. The zero-order valence-electron chi connectivity index (χ0n) is 54.0. The molecule has 2 nitrogen and oxygen atoms in total. The van der Waals surface area contributed by atoms with Crippen molar-refractivity contribution in [1.29, 1.82) is 0 Å². The van der Waals surface area contributed by atoms with Crippen LogP contribution in [0.1, 0.15) is 122 Å². The Labute approximate surface area is 546 Å². The molecule has 93 heavy (non-hydrogen) atoms. The van der Waals surface area contributed by atoms with Crippen LogP contribution in [0.15, 0.2) is 279 Å². The summed E-state index contributed by atoms with van der Waals surface area (Å²) in [5.74, 6) is 0. The molecule has 0 heterocycles. The van der Waals surface area contributed by atoms with Gasteiger partial charge in [0.15, 0.2) is 0 Å². The second-order valence-corrected chi connectivity index (χ2v) is 29.1. The summed E-state index contributed by atoms with van der Waals surface area (Å²) in [7, 11) is 0. The van der Waals surface area contributed by atoms with Crippen molar-refractivity contribution in [2.24, 2.45) is 0 Å². The van der Waals surface area contributed by atoms with Gasteiger partial charge in [-0.05, 0) is 211 Å². The molecular weight excluding hydrogens is 1120 g/mol. The summed E-state index contributed by atoms with van der Waals surface area (Å²) >= 11 is 0. The molecule has 0 aliphatic heterocycles. The van der Waals surface area contributed by atoms with Gasteiger partial charge in [-0.25, -0.2) is 0 Å². The third kappa shape index (κ3) is 7.14. The minimum atomic E-state index is -0.590. The fraction of sp³-hybridized carbons (Fsp3) is 0.143. The third-order valence-corrected chi connectivity index (χ3v) is 23.0. The molecule has 0 fully saturated rings. The summed E-state index contributed by atoms with van der Waals surface area (Å²) < 4.78 is 0. The van der Waals surface area contributed by atoms with Gasteiger partial charge in [0.05, 0.1) is 5.41 Å². The second kappa shape index (κ2) is 18.8. The summed E-state index contributed by atoms with van der Waals surface area (Å²) in [5, 5.41) is 0. The Morgan fingerprint density at radius 2 is 0.419 bits per heavy atom. The standard InChI is InChI=1S/C91H70N2/c1-87(2)75-33-16-9-24-63(75)70-44-40-56(51-82(70)87)92(57-41-45-71-64-25-10-17-34-76(64)88(3,4)83(71)52-57)60-48-55(62-31-23-32-74-69-30-15-22-39-81(69)91(86(62)74)79-37-20-13-28-67(79)68-29-14-21-38-80(68)91)49-61(50-60)93(58-42-46-72-65-26-11-18-35-77(65)89(5,6)84(72)53-58)59-43-47-73-66-27-12-19-36-78(66)90(7,8)85(73)54-59/h9-54H,1-8H3. The summed E-state index contributed by atoms with van der Waals surface area (Å²) in [6.45, 7) is 19.3. The zero-order chi connectivity index (χ0) is 62.7. The average molecular weight is 1190 g/mol. The molecule has 6 aliphatic rings. The van der Waals surface area contributed by atoms with Crippen molar-refractivity contribution < 1.29 is 0 Å². The molecule has 13 aromatic carbocycles. The lowest BCUT2D eigenvalue weighted by molar-refractivity contribution is 0.659. The number of rotatable bonds is 7. The molecule has 2 heteroatoms. The molecule has 0 amide bonds. The Morgan fingerprint density at radius 3 is 0.731 bits per heavy atom. The van der Waals surface area contributed by atoms with E-state index in [4.69, 9.17) is 0 Å². The molecule has 0 atom stereocenters. The van der Waals surface area contributed by atoms with Crippen LogP contribution in [0.4, 0.5) is 34.1 Å². The van der Waals surface area contributed by atoms with Crippen LogP contribution in [-0.2, 0) is 27.1 Å². The van der Waals surface area contributed by atoms with E-state index in [0.717, 1.165) is 39.7 Å². The van der Waals surface area contributed by atoms with E-state index in [2.05, 4.69) is 344 Å². The van der Waals surface area contributed by atoms with E-state index in [1.54, 1.807) is 0 Å². The maximum Gasteiger partial charge on any atom is 0.0731 e. The van der Waals surface area contributed by atoms with Gasteiger partial charge in [-0.3, -0.25) is 0 Å². The first-order chi connectivity index (χ1) is 45.1. The molecule has 1 spiro atoms. The van der Waals surface area contributed by atoms with Crippen LogP contribution >= 0.6 is 0 Å². The quantitative estimate of drug-likeness (QED) is 0.157. The lowest BCUT2D eigenvalue weighted by atomic mass is 9.68. The lowest BCUT2D eigenvalue weighted by Crippen LogP contribution is -2.26. The van der Waals surface area contributed by atoms with Crippen LogP contribution in [0, 0.1) is 0 Å². The first-order valence-electron chi connectivity index (χ1n) is 33.3. The smallest absolute Gasteiger partial charge is 0.0731 e. The molecule has 0 bridgehead atoms.